The minimum atomic E-state index is -0.731. The van der Waals surface area contributed by atoms with Crippen molar-refractivity contribution in [2.75, 3.05) is 12.4 Å². The summed E-state index contributed by atoms with van der Waals surface area (Å²) in [5, 5.41) is 13.8. The first kappa shape index (κ1) is 16.8. The molecule has 1 heterocycles. The van der Waals surface area contributed by atoms with E-state index in [1.807, 2.05) is 0 Å². The summed E-state index contributed by atoms with van der Waals surface area (Å²) in [6.45, 7) is -0.00329. The molecule has 0 aliphatic carbocycles. The molecule has 0 bridgehead atoms. The molecule has 1 aromatic carbocycles. The van der Waals surface area contributed by atoms with Gasteiger partial charge in [-0.15, -0.1) is 0 Å². The van der Waals surface area contributed by atoms with E-state index in [4.69, 9.17) is 0 Å². The number of carbonyl (C=O) groups excluding carboxylic acids is 1. The number of ether oxygens (including phenoxy) is 1. The van der Waals surface area contributed by atoms with E-state index in [-0.39, 0.29) is 17.9 Å². The van der Waals surface area contributed by atoms with Gasteiger partial charge in [0.05, 0.1) is 17.6 Å². The van der Waals surface area contributed by atoms with Gasteiger partial charge in [0.15, 0.2) is 0 Å². The lowest BCUT2D eigenvalue weighted by Gasteiger charge is -2.08. The van der Waals surface area contributed by atoms with E-state index < -0.39 is 22.4 Å². The molecule has 120 valence electrons. The number of hydrogen-bond donors (Lipinski definition) is 1. The number of nitrogens with zero attached hydrogens (tertiary/aromatic N) is 2. The van der Waals surface area contributed by atoms with Gasteiger partial charge in [-0.05, 0) is 18.2 Å². The van der Waals surface area contributed by atoms with Crippen LogP contribution in [0, 0.1) is 15.9 Å². The molecule has 0 spiro atoms. The van der Waals surface area contributed by atoms with E-state index in [1.54, 1.807) is 12.1 Å². The van der Waals surface area contributed by atoms with Gasteiger partial charge in [0.2, 0.25) is 5.82 Å². The molecule has 0 radical (unpaired) electrons. The highest BCUT2D eigenvalue weighted by molar-refractivity contribution is 9.10. The highest BCUT2D eigenvalue weighted by Gasteiger charge is 2.19. The number of nitro groups is 1. The first-order chi connectivity index (χ1) is 10.9. The standard InChI is InChI=1S/C14H11BrFN3O4/c1-23-14(20)9-5-12(19(21)22)13(18-7-9)17-6-8-4-10(15)2-3-11(8)16/h2-5,7H,6H2,1H3,(H,17,18). The molecule has 0 saturated heterocycles. The maximum atomic E-state index is 13.7. The van der Waals surface area contributed by atoms with Crippen molar-refractivity contribution >= 4 is 33.4 Å². The van der Waals surface area contributed by atoms with Crippen molar-refractivity contribution in [3.63, 3.8) is 0 Å². The van der Waals surface area contributed by atoms with Crippen LogP contribution in [0.5, 0.6) is 0 Å². The summed E-state index contributed by atoms with van der Waals surface area (Å²) in [6.07, 6.45) is 1.15. The summed E-state index contributed by atoms with van der Waals surface area (Å²) in [5.41, 5.74) is -0.130. The number of hydrogen-bond acceptors (Lipinski definition) is 6. The minimum absolute atomic E-state index is 0.00329. The Labute approximate surface area is 138 Å². The molecule has 0 atom stereocenters. The maximum absolute atomic E-state index is 13.7. The Kier molecular flexibility index (Phi) is 5.22. The zero-order valence-corrected chi connectivity index (χ0v) is 13.5. The third kappa shape index (κ3) is 4.01. The highest BCUT2D eigenvalue weighted by Crippen LogP contribution is 2.24. The Morgan fingerprint density at radius 3 is 2.87 bits per heavy atom. The lowest BCUT2D eigenvalue weighted by Crippen LogP contribution is -2.09. The molecule has 0 amide bonds. The SMILES string of the molecule is COC(=O)c1cnc(NCc2cc(Br)ccc2F)c([N+](=O)[O-])c1. The van der Waals surface area contributed by atoms with Crippen LogP contribution in [0.25, 0.3) is 0 Å². The fourth-order valence-corrected chi connectivity index (χ4v) is 2.22. The van der Waals surface area contributed by atoms with Gasteiger partial charge in [0.25, 0.3) is 0 Å². The zero-order valence-electron chi connectivity index (χ0n) is 11.9. The van der Waals surface area contributed by atoms with Crippen molar-refractivity contribution < 1.29 is 18.8 Å². The summed E-state index contributed by atoms with van der Waals surface area (Å²) in [6, 6.07) is 5.43. The van der Waals surface area contributed by atoms with Gasteiger partial charge in [-0.25, -0.2) is 14.2 Å². The predicted octanol–water partition coefficient (Wildman–Crippen LogP) is 3.29. The third-order valence-corrected chi connectivity index (χ3v) is 3.43. The molecule has 1 aromatic heterocycles. The number of benzene rings is 1. The number of rotatable bonds is 5. The molecule has 0 aliphatic rings. The number of carbonyl (C=O) groups is 1. The number of nitrogens with one attached hydrogen (secondary N) is 1. The van der Waals surface area contributed by atoms with Crippen LogP contribution in [0.1, 0.15) is 15.9 Å². The Morgan fingerprint density at radius 1 is 1.48 bits per heavy atom. The Bertz CT molecular complexity index is 770. The van der Waals surface area contributed by atoms with E-state index in [1.165, 1.54) is 6.07 Å². The average molecular weight is 384 g/mol. The van der Waals surface area contributed by atoms with Crippen LogP contribution in [0.4, 0.5) is 15.9 Å². The number of pyridine rings is 1. The molecule has 1 N–H and O–H groups in total. The molecule has 9 heteroatoms. The van der Waals surface area contributed by atoms with Crippen molar-refractivity contribution in [2.45, 2.75) is 6.54 Å². The maximum Gasteiger partial charge on any atom is 0.339 e. The molecular formula is C14H11BrFN3O4. The number of methoxy groups -OCH3 is 1. The molecule has 2 aromatic rings. The van der Waals surface area contributed by atoms with E-state index >= 15 is 0 Å². The van der Waals surface area contributed by atoms with Crippen LogP contribution in [0.2, 0.25) is 0 Å². The first-order valence-corrected chi connectivity index (χ1v) is 7.12. The van der Waals surface area contributed by atoms with Crippen molar-refractivity contribution in [1.82, 2.24) is 4.98 Å². The largest absolute Gasteiger partial charge is 0.465 e. The number of aromatic nitrogens is 1. The van der Waals surface area contributed by atoms with Gasteiger partial charge >= 0.3 is 11.7 Å². The quantitative estimate of drug-likeness (QED) is 0.483. The van der Waals surface area contributed by atoms with Gasteiger partial charge < -0.3 is 10.1 Å². The highest BCUT2D eigenvalue weighted by atomic mass is 79.9. The summed E-state index contributed by atoms with van der Waals surface area (Å²) < 4.78 is 18.8. The van der Waals surface area contributed by atoms with E-state index in [0.29, 0.717) is 10.0 Å². The number of esters is 1. The minimum Gasteiger partial charge on any atom is -0.465 e. The van der Waals surface area contributed by atoms with Gasteiger partial charge in [-0.1, -0.05) is 15.9 Å². The van der Waals surface area contributed by atoms with Crippen molar-refractivity contribution in [3.05, 3.63) is 62.0 Å². The summed E-state index contributed by atoms with van der Waals surface area (Å²) >= 11 is 3.22. The summed E-state index contributed by atoms with van der Waals surface area (Å²) in [7, 11) is 1.16. The lowest BCUT2D eigenvalue weighted by molar-refractivity contribution is -0.384. The molecular weight excluding hydrogens is 373 g/mol. The van der Waals surface area contributed by atoms with Gasteiger partial charge in [-0.2, -0.15) is 0 Å². The predicted molar refractivity (Wildman–Crippen MR) is 83.7 cm³/mol. The van der Waals surface area contributed by atoms with Crippen LogP contribution in [0.15, 0.2) is 34.9 Å². The lowest BCUT2D eigenvalue weighted by atomic mass is 10.2. The Morgan fingerprint density at radius 2 is 2.22 bits per heavy atom. The summed E-state index contributed by atoms with van der Waals surface area (Å²) in [4.78, 5) is 25.7. The molecule has 2 rings (SSSR count). The zero-order chi connectivity index (χ0) is 17.0. The Hall–Kier alpha value is -2.55. The number of anilines is 1. The third-order valence-electron chi connectivity index (χ3n) is 2.94. The van der Waals surface area contributed by atoms with E-state index in [9.17, 15) is 19.3 Å². The van der Waals surface area contributed by atoms with Crippen LogP contribution in [-0.4, -0.2) is 23.0 Å². The van der Waals surface area contributed by atoms with Crippen LogP contribution < -0.4 is 5.32 Å². The molecule has 23 heavy (non-hydrogen) atoms. The van der Waals surface area contributed by atoms with E-state index in [2.05, 4.69) is 31.0 Å². The van der Waals surface area contributed by atoms with Crippen LogP contribution in [-0.2, 0) is 11.3 Å². The molecule has 7 nitrogen and oxygen atoms in total. The topological polar surface area (TPSA) is 94.4 Å². The van der Waals surface area contributed by atoms with Gasteiger partial charge in [0, 0.05) is 28.8 Å². The van der Waals surface area contributed by atoms with Crippen LogP contribution in [0.3, 0.4) is 0 Å². The van der Waals surface area contributed by atoms with Crippen molar-refractivity contribution in [2.24, 2.45) is 0 Å². The van der Waals surface area contributed by atoms with Crippen molar-refractivity contribution in [1.29, 1.82) is 0 Å². The monoisotopic (exact) mass is 383 g/mol. The Balaban J connectivity index is 2.27. The van der Waals surface area contributed by atoms with E-state index in [0.717, 1.165) is 19.4 Å². The second-order valence-electron chi connectivity index (χ2n) is 4.43. The average Bonchev–Trinajstić information content (AvgIpc) is 2.54. The smallest absolute Gasteiger partial charge is 0.339 e. The number of halogens is 2. The normalized spacial score (nSPS) is 10.2. The van der Waals surface area contributed by atoms with Crippen LogP contribution >= 0.6 is 15.9 Å². The first-order valence-electron chi connectivity index (χ1n) is 6.33. The molecule has 0 saturated carbocycles. The summed E-state index contributed by atoms with van der Waals surface area (Å²) in [5.74, 6) is -1.25. The van der Waals surface area contributed by atoms with Gasteiger partial charge in [0.1, 0.15) is 5.82 Å². The second kappa shape index (κ2) is 7.14. The molecule has 0 fully saturated rings. The molecule has 0 unspecified atom stereocenters. The molecule has 0 aliphatic heterocycles. The van der Waals surface area contributed by atoms with Crippen molar-refractivity contribution in [3.8, 4) is 0 Å². The second-order valence-corrected chi connectivity index (χ2v) is 5.35. The fraction of sp³-hybridized carbons (Fsp3) is 0.143. The fourth-order valence-electron chi connectivity index (χ4n) is 1.82. The van der Waals surface area contributed by atoms with Gasteiger partial charge in [-0.3, -0.25) is 10.1 Å².